The highest BCUT2D eigenvalue weighted by Gasteiger charge is 2.27. The van der Waals surface area contributed by atoms with Crippen LogP contribution in [0.2, 0.25) is 5.02 Å². The van der Waals surface area contributed by atoms with E-state index in [1.807, 2.05) is 17.8 Å². The van der Waals surface area contributed by atoms with Gasteiger partial charge in [0.1, 0.15) is 0 Å². The van der Waals surface area contributed by atoms with E-state index < -0.39 is 0 Å². The summed E-state index contributed by atoms with van der Waals surface area (Å²) < 4.78 is 0. The highest BCUT2D eigenvalue weighted by molar-refractivity contribution is 8.00. The van der Waals surface area contributed by atoms with E-state index in [-0.39, 0.29) is 0 Å². The van der Waals surface area contributed by atoms with Crippen molar-refractivity contribution < 1.29 is 0 Å². The summed E-state index contributed by atoms with van der Waals surface area (Å²) in [6.07, 6.45) is 7.78. The van der Waals surface area contributed by atoms with Gasteiger partial charge < -0.3 is 5.32 Å². The standard InChI is InChI=1S/C28H30ClNS2/c29-22-15-16-25-21(17-22)18-27(24-13-7-8-14-26(24)31-25)32-28(20-9-3-1-4-10-20)19-30-23-11-5-2-6-12-23/h1,3-4,7-10,13-17,23,27-28,30H,2,5-6,11-12,18-19H2. The molecule has 0 spiro atoms. The van der Waals surface area contributed by atoms with Gasteiger partial charge in [0.25, 0.3) is 0 Å². The summed E-state index contributed by atoms with van der Waals surface area (Å²) in [6.45, 7) is 1.02. The van der Waals surface area contributed by atoms with Crippen LogP contribution in [-0.2, 0) is 6.42 Å². The molecule has 1 heterocycles. The summed E-state index contributed by atoms with van der Waals surface area (Å²) in [6, 6.07) is 27.1. The van der Waals surface area contributed by atoms with Crippen LogP contribution in [0.3, 0.4) is 0 Å². The lowest BCUT2D eigenvalue weighted by molar-refractivity contribution is 0.374. The Hall–Kier alpha value is -1.39. The zero-order valence-electron chi connectivity index (χ0n) is 18.3. The van der Waals surface area contributed by atoms with Crippen molar-refractivity contribution in [1.29, 1.82) is 0 Å². The number of benzene rings is 3. The highest BCUT2D eigenvalue weighted by atomic mass is 35.5. The fourth-order valence-corrected chi connectivity index (χ4v) is 7.81. The maximum atomic E-state index is 6.40. The van der Waals surface area contributed by atoms with Crippen molar-refractivity contribution in [1.82, 2.24) is 5.32 Å². The molecule has 0 saturated heterocycles. The molecule has 0 aromatic heterocycles. The van der Waals surface area contributed by atoms with Gasteiger partial charge in [0.2, 0.25) is 0 Å². The molecule has 166 valence electrons. The molecule has 4 heteroatoms. The smallest absolute Gasteiger partial charge is 0.0428 e. The second-order valence-corrected chi connectivity index (χ2v) is 11.8. The van der Waals surface area contributed by atoms with Gasteiger partial charge in [-0.3, -0.25) is 0 Å². The van der Waals surface area contributed by atoms with Gasteiger partial charge in [0.15, 0.2) is 0 Å². The van der Waals surface area contributed by atoms with E-state index in [9.17, 15) is 0 Å². The third-order valence-electron chi connectivity index (χ3n) is 6.61. The first-order valence-electron chi connectivity index (χ1n) is 11.8. The van der Waals surface area contributed by atoms with Crippen molar-refractivity contribution in [3.63, 3.8) is 0 Å². The van der Waals surface area contributed by atoms with Crippen molar-refractivity contribution in [3.05, 3.63) is 94.5 Å². The van der Waals surface area contributed by atoms with Crippen LogP contribution in [0.25, 0.3) is 0 Å². The Labute approximate surface area is 205 Å². The van der Waals surface area contributed by atoms with Crippen molar-refractivity contribution in [2.45, 2.75) is 64.9 Å². The zero-order valence-corrected chi connectivity index (χ0v) is 20.7. The molecular weight excluding hydrogens is 450 g/mol. The number of halogens is 1. The van der Waals surface area contributed by atoms with Crippen LogP contribution in [0, 0.1) is 0 Å². The van der Waals surface area contributed by atoms with Gasteiger partial charge in [-0.1, -0.05) is 91.2 Å². The number of nitrogens with one attached hydrogen (secondary N) is 1. The minimum atomic E-state index is 0.400. The summed E-state index contributed by atoms with van der Waals surface area (Å²) in [7, 11) is 0. The van der Waals surface area contributed by atoms with Crippen LogP contribution in [0.15, 0.2) is 82.6 Å². The van der Waals surface area contributed by atoms with Crippen LogP contribution < -0.4 is 5.32 Å². The zero-order chi connectivity index (χ0) is 21.8. The van der Waals surface area contributed by atoms with Crippen molar-refractivity contribution in [3.8, 4) is 0 Å². The van der Waals surface area contributed by atoms with Crippen molar-refractivity contribution in [2.24, 2.45) is 0 Å². The minimum absolute atomic E-state index is 0.400. The normalized spacial score (nSPS) is 19.6. The molecule has 0 amide bonds. The van der Waals surface area contributed by atoms with Gasteiger partial charge >= 0.3 is 0 Å². The fourth-order valence-electron chi connectivity index (χ4n) is 4.89. The van der Waals surface area contributed by atoms with Crippen LogP contribution in [0.1, 0.15) is 59.3 Å². The Morgan fingerprint density at radius 2 is 1.69 bits per heavy atom. The Balaban J connectivity index is 1.43. The van der Waals surface area contributed by atoms with E-state index in [4.69, 9.17) is 11.6 Å². The molecule has 32 heavy (non-hydrogen) atoms. The molecule has 2 atom stereocenters. The SMILES string of the molecule is Clc1ccc2c(c1)CC(SC(CNC1CCCCC1)c1ccccc1)c1ccccc1S2. The predicted molar refractivity (Wildman–Crippen MR) is 140 cm³/mol. The van der Waals surface area contributed by atoms with E-state index in [1.165, 1.54) is 58.6 Å². The molecule has 1 fully saturated rings. The van der Waals surface area contributed by atoms with Crippen molar-refractivity contribution >= 4 is 35.1 Å². The molecule has 1 N–H and O–H groups in total. The Bertz CT molecular complexity index is 1030. The lowest BCUT2D eigenvalue weighted by Crippen LogP contribution is -2.33. The maximum absolute atomic E-state index is 6.40. The van der Waals surface area contributed by atoms with E-state index in [2.05, 4.69) is 83.8 Å². The highest BCUT2D eigenvalue weighted by Crippen LogP contribution is 2.49. The third-order valence-corrected chi connectivity index (χ3v) is 9.57. The Kier molecular flexibility index (Phi) is 7.49. The molecular formula is C28H30ClNS2. The fraction of sp³-hybridized carbons (Fsp3) is 0.357. The number of hydrogen-bond acceptors (Lipinski definition) is 3. The molecule has 1 nitrogen and oxygen atoms in total. The van der Waals surface area contributed by atoms with Crippen LogP contribution in [-0.4, -0.2) is 12.6 Å². The first-order chi connectivity index (χ1) is 15.8. The summed E-state index contributed by atoms with van der Waals surface area (Å²) in [5.41, 5.74) is 4.23. The summed E-state index contributed by atoms with van der Waals surface area (Å²) >= 11 is 10.4. The second-order valence-electron chi connectivity index (χ2n) is 8.86. The average Bonchev–Trinajstić information content (AvgIpc) is 2.99. The summed E-state index contributed by atoms with van der Waals surface area (Å²) in [5.74, 6) is 0. The van der Waals surface area contributed by atoms with Crippen molar-refractivity contribution in [2.75, 3.05) is 6.54 Å². The predicted octanol–water partition coefficient (Wildman–Crippen LogP) is 8.49. The Morgan fingerprint density at radius 1 is 0.906 bits per heavy atom. The number of thioether (sulfide) groups is 1. The first-order valence-corrected chi connectivity index (χ1v) is 13.9. The largest absolute Gasteiger partial charge is 0.313 e. The van der Waals surface area contributed by atoms with Gasteiger partial charge in [-0.15, -0.1) is 11.8 Å². The average molecular weight is 480 g/mol. The van der Waals surface area contributed by atoms with E-state index in [0.29, 0.717) is 16.5 Å². The van der Waals surface area contributed by atoms with E-state index in [1.54, 1.807) is 0 Å². The second kappa shape index (κ2) is 10.7. The molecule has 3 aromatic carbocycles. The van der Waals surface area contributed by atoms with Gasteiger partial charge in [-0.05, 0) is 60.2 Å². The Morgan fingerprint density at radius 3 is 2.53 bits per heavy atom. The van der Waals surface area contributed by atoms with E-state index in [0.717, 1.165) is 18.0 Å². The molecule has 3 aromatic rings. The first kappa shape index (κ1) is 22.4. The lowest BCUT2D eigenvalue weighted by atomic mass is 9.95. The number of hydrogen-bond donors (Lipinski definition) is 1. The molecule has 2 unspecified atom stereocenters. The van der Waals surface area contributed by atoms with Gasteiger partial charge in [0.05, 0.1) is 0 Å². The van der Waals surface area contributed by atoms with Gasteiger partial charge in [-0.25, -0.2) is 0 Å². The quantitative estimate of drug-likeness (QED) is 0.380. The monoisotopic (exact) mass is 479 g/mol. The van der Waals surface area contributed by atoms with Gasteiger partial charge in [0, 0.05) is 37.9 Å². The van der Waals surface area contributed by atoms with Crippen LogP contribution in [0.5, 0.6) is 0 Å². The van der Waals surface area contributed by atoms with Crippen LogP contribution >= 0.6 is 35.1 Å². The molecule has 0 bridgehead atoms. The topological polar surface area (TPSA) is 12.0 Å². The lowest BCUT2D eigenvalue weighted by Gasteiger charge is -2.28. The molecule has 1 saturated carbocycles. The maximum Gasteiger partial charge on any atom is 0.0428 e. The van der Waals surface area contributed by atoms with Gasteiger partial charge in [-0.2, -0.15) is 0 Å². The van der Waals surface area contributed by atoms with Crippen LogP contribution in [0.4, 0.5) is 0 Å². The molecule has 5 rings (SSSR count). The molecule has 0 radical (unpaired) electrons. The van der Waals surface area contributed by atoms with E-state index >= 15 is 0 Å². The minimum Gasteiger partial charge on any atom is -0.313 e. The summed E-state index contributed by atoms with van der Waals surface area (Å²) in [4.78, 5) is 2.71. The molecule has 2 aliphatic rings. The molecule has 1 aliphatic heterocycles. The molecule has 1 aliphatic carbocycles. The number of fused-ring (bicyclic) bond motifs is 2. The third kappa shape index (κ3) is 5.39. The number of rotatable bonds is 6. The summed E-state index contributed by atoms with van der Waals surface area (Å²) in [5, 5.41) is 5.58.